The zero-order valence-corrected chi connectivity index (χ0v) is 27.5. The summed E-state index contributed by atoms with van der Waals surface area (Å²) in [4.78, 5) is 20.1. The molecule has 0 saturated heterocycles. The van der Waals surface area contributed by atoms with Gasteiger partial charge in [-0.05, 0) is 108 Å². The molecule has 51 heavy (non-hydrogen) atoms. The van der Waals surface area contributed by atoms with E-state index >= 15 is 0 Å². The third-order valence-corrected chi connectivity index (χ3v) is 10.7. The third-order valence-electron chi connectivity index (χ3n) is 10.7. The Morgan fingerprint density at radius 3 is 1.59 bits per heavy atom. The fourth-order valence-corrected chi connectivity index (χ4v) is 8.18. The first-order chi connectivity index (χ1) is 25.2. The lowest BCUT2D eigenvalue weighted by Gasteiger charge is -2.13. The van der Waals surface area contributed by atoms with Gasteiger partial charge in [-0.2, -0.15) is 0 Å². The van der Waals surface area contributed by atoms with Gasteiger partial charge in [0.1, 0.15) is 5.65 Å². The molecule has 0 bridgehead atoms. The van der Waals surface area contributed by atoms with Gasteiger partial charge in [-0.3, -0.25) is 9.20 Å². The van der Waals surface area contributed by atoms with Crippen LogP contribution in [0.2, 0.25) is 0 Å². The zero-order chi connectivity index (χ0) is 33.6. The van der Waals surface area contributed by atoms with E-state index in [2.05, 4.69) is 158 Å². The number of nitrogens with zero attached hydrogens (tertiary/aromatic N) is 2. The molecule has 0 spiro atoms. The molecule has 11 rings (SSSR count). The number of hydrogen-bond donors (Lipinski definition) is 0. The van der Waals surface area contributed by atoms with Crippen LogP contribution in [0.5, 0.6) is 0 Å². The fraction of sp³-hybridized carbons (Fsp3) is 0. The summed E-state index contributed by atoms with van der Waals surface area (Å²) in [6.07, 6.45) is 0. The second-order valence-electron chi connectivity index (χ2n) is 13.5. The summed E-state index contributed by atoms with van der Waals surface area (Å²) in [5.41, 5.74) is 8.70. The maximum Gasteiger partial charge on any atom is 0.264 e. The van der Waals surface area contributed by atoms with Crippen molar-refractivity contribution >= 4 is 70.5 Å². The van der Waals surface area contributed by atoms with Gasteiger partial charge >= 0.3 is 0 Å². The molecule has 11 aromatic rings. The Morgan fingerprint density at radius 1 is 0.392 bits per heavy atom. The highest BCUT2D eigenvalue weighted by Gasteiger charge is 2.21. The second kappa shape index (κ2) is 10.6. The molecule has 0 radical (unpaired) electrons. The second-order valence-corrected chi connectivity index (χ2v) is 13.5. The average molecular weight is 649 g/mol. The molecule has 0 aliphatic heterocycles. The summed E-state index contributed by atoms with van der Waals surface area (Å²) >= 11 is 0. The highest BCUT2D eigenvalue weighted by Crippen LogP contribution is 2.40. The lowest BCUT2D eigenvalue weighted by Crippen LogP contribution is -2.13. The quantitative estimate of drug-likeness (QED) is 0.191. The van der Waals surface area contributed by atoms with E-state index in [9.17, 15) is 4.79 Å². The first kappa shape index (κ1) is 28.0. The average Bonchev–Trinajstić information content (AvgIpc) is 3.59. The minimum Gasteiger partial charge on any atom is -0.268 e. The van der Waals surface area contributed by atoms with Gasteiger partial charge in [-0.25, -0.2) is 4.98 Å². The van der Waals surface area contributed by atoms with Gasteiger partial charge < -0.3 is 0 Å². The Balaban J connectivity index is 1.23. The van der Waals surface area contributed by atoms with Gasteiger partial charge in [0.25, 0.3) is 5.56 Å². The van der Waals surface area contributed by atoms with Crippen molar-refractivity contribution < 1.29 is 0 Å². The van der Waals surface area contributed by atoms with E-state index in [1.165, 1.54) is 26.9 Å². The third kappa shape index (κ3) is 4.19. The van der Waals surface area contributed by atoms with Crippen molar-refractivity contribution in [3.63, 3.8) is 0 Å². The van der Waals surface area contributed by atoms with E-state index in [-0.39, 0.29) is 5.56 Å². The van der Waals surface area contributed by atoms with Crippen molar-refractivity contribution in [1.29, 1.82) is 0 Å². The number of pyridine rings is 1. The van der Waals surface area contributed by atoms with E-state index in [1.807, 2.05) is 16.5 Å². The molecule has 0 aliphatic carbocycles. The molecule has 9 aromatic carbocycles. The van der Waals surface area contributed by atoms with Gasteiger partial charge in [-0.15, -0.1) is 0 Å². The monoisotopic (exact) mass is 648 g/mol. The van der Waals surface area contributed by atoms with Crippen LogP contribution < -0.4 is 5.56 Å². The van der Waals surface area contributed by atoms with Gasteiger partial charge in [0.05, 0.1) is 11.0 Å². The Kier molecular flexibility index (Phi) is 5.82. The van der Waals surface area contributed by atoms with Crippen LogP contribution in [0.15, 0.2) is 175 Å². The van der Waals surface area contributed by atoms with Crippen LogP contribution in [0.4, 0.5) is 0 Å². The maximum atomic E-state index is 14.8. The van der Waals surface area contributed by atoms with E-state index in [0.717, 1.165) is 66.0 Å². The van der Waals surface area contributed by atoms with Crippen molar-refractivity contribution in [3.05, 3.63) is 180 Å². The summed E-state index contributed by atoms with van der Waals surface area (Å²) in [7, 11) is 0. The molecule has 2 heterocycles. The molecule has 3 heteroatoms. The van der Waals surface area contributed by atoms with Crippen LogP contribution in [-0.4, -0.2) is 9.38 Å². The highest BCUT2D eigenvalue weighted by atomic mass is 16.1. The molecule has 0 aliphatic rings. The zero-order valence-electron chi connectivity index (χ0n) is 27.5. The molecule has 0 fully saturated rings. The van der Waals surface area contributed by atoms with Gasteiger partial charge in [-0.1, -0.05) is 127 Å². The highest BCUT2D eigenvalue weighted by molar-refractivity contribution is 6.20. The first-order valence-electron chi connectivity index (χ1n) is 17.3. The number of hydrogen-bond acceptors (Lipinski definition) is 2. The van der Waals surface area contributed by atoms with Crippen LogP contribution in [-0.2, 0) is 0 Å². The minimum absolute atomic E-state index is 0.0543. The number of rotatable bonds is 3. The van der Waals surface area contributed by atoms with E-state index < -0.39 is 0 Å². The van der Waals surface area contributed by atoms with Crippen molar-refractivity contribution in [3.8, 4) is 33.4 Å². The Hall–Kier alpha value is -6.84. The summed E-state index contributed by atoms with van der Waals surface area (Å²) in [6, 6.07) is 59.9. The van der Waals surface area contributed by atoms with E-state index in [0.29, 0.717) is 11.0 Å². The lowest BCUT2D eigenvalue weighted by atomic mass is 9.93. The van der Waals surface area contributed by atoms with Crippen LogP contribution >= 0.6 is 0 Å². The molecule has 0 N–H and O–H groups in total. The summed E-state index contributed by atoms with van der Waals surface area (Å²) in [5, 5.41) is 10.8. The van der Waals surface area contributed by atoms with Crippen molar-refractivity contribution in [2.75, 3.05) is 0 Å². The van der Waals surface area contributed by atoms with Crippen molar-refractivity contribution in [2.45, 2.75) is 0 Å². The van der Waals surface area contributed by atoms with E-state index in [1.54, 1.807) is 0 Å². The number of benzene rings is 9. The Labute approximate surface area is 292 Å². The molecule has 0 saturated carbocycles. The molecule has 3 nitrogen and oxygen atoms in total. The summed E-state index contributed by atoms with van der Waals surface area (Å²) < 4.78 is 1.84. The summed E-state index contributed by atoms with van der Waals surface area (Å²) in [5.74, 6) is 0. The number of aromatic nitrogens is 2. The van der Waals surface area contributed by atoms with Gasteiger partial charge in [0.15, 0.2) is 0 Å². The van der Waals surface area contributed by atoms with Crippen LogP contribution in [0, 0.1) is 0 Å². The van der Waals surface area contributed by atoms with Crippen LogP contribution in [0.25, 0.3) is 104 Å². The van der Waals surface area contributed by atoms with Crippen LogP contribution in [0.1, 0.15) is 0 Å². The molecule has 2 aromatic heterocycles. The molecule has 0 amide bonds. The fourth-order valence-electron chi connectivity index (χ4n) is 8.18. The predicted octanol–water partition coefficient (Wildman–Crippen LogP) is 12.1. The smallest absolute Gasteiger partial charge is 0.264 e. The van der Waals surface area contributed by atoms with Gasteiger partial charge in [0.2, 0.25) is 0 Å². The molecule has 0 unspecified atom stereocenters. The summed E-state index contributed by atoms with van der Waals surface area (Å²) in [6.45, 7) is 0. The van der Waals surface area contributed by atoms with Crippen molar-refractivity contribution in [1.82, 2.24) is 9.38 Å². The van der Waals surface area contributed by atoms with E-state index in [4.69, 9.17) is 4.98 Å². The Bertz CT molecular complexity index is 3280. The normalized spacial score (nSPS) is 12.0. The lowest BCUT2D eigenvalue weighted by molar-refractivity contribution is 1.19. The SMILES string of the molecule is O=c1c2cccc3c(-c4ccc5ccccc5c4)ccc(c32)c2nc3c(-c4ccc5ccccc5c4)cc(-c4ccc5ccccc5c4)cc3n12. The Morgan fingerprint density at radius 2 is 0.941 bits per heavy atom. The predicted molar refractivity (Wildman–Crippen MR) is 214 cm³/mol. The molecular weight excluding hydrogens is 621 g/mol. The van der Waals surface area contributed by atoms with Gasteiger partial charge in [0, 0.05) is 21.7 Å². The largest absolute Gasteiger partial charge is 0.268 e. The standard InChI is InChI=1S/C48H28N2O/c51-48-42-15-7-14-40-39(36-20-17-30-9-2-5-12-33(30)25-36)22-23-41(45(40)42)47-49-46-43(37-21-18-31-10-3-6-13-34(31)26-37)27-38(28-44(46)50(47)48)35-19-16-29-8-1-4-11-32(29)24-35/h1-28H. The topological polar surface area (TPSA) is 34.4 Å². The van der Waals surface area contributed by atoms with Crippen molar-refractivity contribution in [2.24, 2.45) is 0 Å². The molecule has 0 atom stereocenters. The molecular formula is C48H28N2O. The number of imidazole rings is 1. The first-order valence-corrected chi connectivity index (χ1v) is 17.3. The maximum absolute atomic E-state index is 14.8. The minimum atomic E-state index is -0.0543. The van der Waals surface area contributed by atoms with Crippen LogP contribution in [0.3, 0.4) is 0 Å². The number of fused-ring (bicyclic) bond motifs is 7. The molecule has 236 valence electrons.